The summed E-state index contributed by atoms with van der Waals surface area (Å²) in [5.74, 6) is 0. The van der Waals surface area contributed by atoms with Crippen LogP contribution in [0, 0.1) is 0 Å². The molecule has 0 aromatic carbocycles. The van der Waals surface area contributed by atoms with E-state index in [1.54, 1.807) is 0 Å². The summed E-state index contributed by atoms with van der Waals surface area (Å²) in [4.78, 5) is 2.56. The molecule has 3 heteroatoms. The van der Waals surface area contributed by atoms with Crippen molar-refractivity contribution in [2.24, 2.45) is 0 Å². The molecule has 72 valence electrons. The van der Waals surface area contributed by atoms with Gasteiger partial charge in [0.1, 0.15) is 0 Å². The molecular weight excluding hydrogens is 168 g/mol. The van der Waals surface area contributed by atoms with Crippen molar-refractivity contribution in [3.8, 4) is 0 Å². The minimum Gasteiger partial charge on any atom is -0.318 e. The smallest absolute Gasteiger partial charge is 0.0149 e. The molecule has 0 aromatic heterocycles. The highest BCUT2D eigenvalue weighted by atomic mass is 32.2. The Labute approximate surface area is 80.1 Å². The van der Waals surface area contributed by atoms with E-state index >= 15 is 0 Å². The van der Waals surface area contributed by atoms with Crippen LogP contribution in [0.4, 0.5) is 0 Å². The molecule has 0 amide bonds. The predicted molar refractivity (Wildman–Crippen MR) is 56.9 cm³/mol. The zero-order valence-corrected chi connectivity index (χ0v) is 9.16. The summed E-state index contributed by atoms with van der Waals surface area (Å²) >= 11 is 2.12. The van der Waals surface area contributed by atoms with E-state index in [4.69, 9.17) is 0 Å². The Kier molecular flexibility index (Phi) is 4.40. The average molecular weight is 188 g/mol. The Bertz CT molecular complexity index is 120. The first kappa shape index (κ1) is 10.4. The molecule has 0 bridgehead atoms. The normalized spacial score (nSPS) is 32.2. The minimum absolute atomic E-state index is 0.811. The molecular formula is C9H20N2S. The summed E-state index contributed by atoms with van der Waals surface area (Å²) in [7, 11) is 2.02. The molecule has 1 rings (SSSR count). The van der Waals surface area contributed by atoms with E-state index in [0.717, 1.165) is 17.0 Å². The van der Waals surface area contributed by atoms with Gasteiger partial charge in [-0.15, -0.1) is 0 Å². The Morgan fingerprint density at radius 1 is 1.33 bits per heavy atom. The van der Waals surface area contributed by atoms with Crippen molar-refractivity contribution >= 4 is 11.8 Å². The number of rotatable bonds is 3. The fourth-order valence-electron chi connectivity index (χ4n) is 1.74. The Hall–Kier alpha value is 0.270. The lowest BCUT2D eigenvalue weighted by atomic mass is 10.3. The van der Waals surface area contributed by atoms with Crippen molar-refractivity contribution in [3.63, 3.8) is 0 Å². The third-order valence-electron chi connectivity index (χ3n) is 2.17. The topological polar surface area (TPSA) is 15.3 Å². The fraction of sp³-hybridized carbons (Fsp3) is 1.00. The molecule has 2 atom stereocenters. The summed E-state index contributed by atoms with van der Waals surface area (Å²) in [6.07, 6.45) is 0. The van der Waals surface area contributed by atoms with Gasteiger partial charge < -0.3 is 5.32 Å². The lowest BCUT2D eigenvalue weighted by Crippen LogP contribution is -2.43. The zero-order chi connectivity index (χ0) is 8.97. The molecule has 1 fully saturated rings. The second-order valence-electron chi connectivity index (χ2n) is 3.62. The maximum atomic E-state index is 3.20. The molecule has 0 aliphatic carbocycles. The molecule has 1 aliphatic rings. The van der Waals surface area contributed by atoms with Crippen molar-refractivity contribution < 1.29 is 0 Å². The molecule has 2 unspecified atom stereocenters. The van der Waals surface area contributed by atoms with Gasteiger partial charge in [0.25, 0.3) is 0 Å². The summed E-state index contributed by atoms with van der Waals surface area (Å²) in [6.45, 7) is 9.49. The Balaban J connectivity index is 2.24. The summed E-state index contributed by atoms with van der Waals surface area (Å²) < 4.78 is 0. The van der Waals surface area contributed by atoms with Gasteiger partial charge in [-0.3, -0.25) is 4.90 Å². The van der Waals surface area contributed by atoms with Gasteiger partial charge in [-0.2, -0.15) is 11.8 Å². The van der Waals surface area contributed by atoms with Crippen LogP contribution in [0.1, 0.15) is 13.8 Å². The van der Waals surface area contributed by atoms with Gasteiger partial charge in [0.2, 0.25) is 0 Å². The highest BCUT2D eigenvalue weighted by Crippen LogP contribution is 2.23. The highest BCUT2D eigenvalue weighted by Gasteiger charge is 2.21. The molecule has 12 heavy (non-hydrogen) atoms. The molecule has 0 spiro atoms. The largest absolute Gasteiger partial charge is 0.318 e. The van der Waals surface area contributed by atoms with Gasteiger partial charge in [0, 0.05) is 36.7 Å². The molecule has 2 nitrogen and oxygen atoms in total. The minimum atomic E-state index is 0.811. The van der Waals surface area contributed by atoms with Crippen molar-refractivity contribution in [2.75, 3.05) is 33.2 Å². The van der Waals surface area contributed by atoms with E-state index in [1.807, 2.05) is 7.05 Å². The quantitative estimate of drug-likeness (QED) is 0.712. The third-order valence-corrected chi connectivity index (χ3v) is 3.40. The van der Waals surface area contributed by atoms with Crippen LogP contribution in [0.5, 0.6) is 0 Å². The van der Waals surface area contributed by atoms with Gasteiger partial charge in [-0.05, 0) is 7.05 Å². The van der Waals surface area contributed by atoms with E-state index in [-0.39, 0.29) is 0 Å². The van der Waals surface area contributed by atoms with Crippen LogP contribution in [-0.2, 0) is 0 Å². The van der Waals surface area contributed by atoms with E-state index < -0.39 is 0 Å². The first-order valence-corrected chi connectivity index (χ1v) is 5.69. The monoisotopic (exact) mass is 188 g/mol. The Morgan fingerprint density at radius 3 is 2.42 bits per heavy atom. The lowest BCUT2D eigenvalue weighted by molar-refractivity contribution is 0.273. The lowest BCUT2D eigenvalue weighted by Gasteiger charge is -2.34. The number of nitrogens with one attached hydrogen (secondary N) is 1. The van der Waals surface area contributed by atoms with E-state index in [2.05, 4.69) is 35.8 Å². The van der Waals surface area contributed by atoms with E-state index in [1.165, 1.54) is 19.6 Å². The highest BCUT2D eigenvalue weighted by molar-refractivity contribution is 8.00. The Morgan fingerprint density at radius 2 is 1.92 bits per heavy atom. The van der Waals surface area contributed by atoms with Crippen LogP contribution < -0.4 is 5.32 Å². The van der Waals surface area contributed by atoms with Crippen LogP contribution in [0.3, 0.4) is 0 Å². The fourth-order valence-corrected chi connectivity index (χ4v) is 3.12. The maximum absolute atomic E-state index is 3.20. The number of hydrogen-bond donors (Lipinski definition) is 1. The van der Waals surface area contributed by atoms with Gasteiger partial charge >= 0.3 is 0 Å². The van der Waals surface area contributed by atoms with E-state index in [0.29, 0.717) is 0 Å². The van der Waals surface area contributed by atoms with Crippen molar-refractivity contribution in [2.45, 2.75) is 24.3 Å². The van der Waals surface area contributed by atoms with Crippen molar-refractivity contribution in [1.29, 1.82) is 0 Å². The summed E-state index contributed by atoms with van der Waals surface area (Å²) in [5, 5.41) is 4.82. The summed E-state index contributed by atoms with van der Waals surface area (Å²) in [5.41, 5.74) is 0. The second-order valence-corrected chi connectivity index (χ2v) is 5.50. The molecule has 1 heterocycles. The van der Waals surface area contributed by atoms with Gasteiger partial charge in [0.15, 0.2) is 0 Å². The first-order chi connectivity index (χ1) is 5.72. The van der Waals surface area contributed by atoms with Crippen LogP contribution >= 0.6 is 11.8 Å². The molecule has 1 aliphatic heterocycles. The molecule has 0 radical (unpaired) electrons. The second kappa shape index (κ2) is 5.10. The maximum Gasteiger partial charge on any atom is 0.0149 e. The zero-order valence-electron chi connectivity index (χ0n) is 8.34. The number of likely N-dealkylation sites (N-methyl/N-ethyl adjacent to an activating group) is 1. The molecule has 0 aromatic rings. The van der Waals surface area contributed by atoms with Crippen LogP contribution in [0.2, 0.25) is 0 Å². The van der Waals surface area contributed by atoms with Gasteiger partial charge in [-0.25, -0.2) is 0 Å². The summed E-state index contributed by atoms with van der Waals surface area (Å²) in [6, 6.07) is 0. The molecule has 1 saturated heterocycles. The first-order valence-electron chi connectivity index (χ1n) is 4.74. The van der Waals surface area contributed by atoms with Gasteiger partial charge in [0.05, 0.1) is 0 Å². The predicted octanol–water partition coefficient (Wildman–Crippen LogP) is 1.03. The number of hydrogen-bond acceptors (Lipinski definition) is 3. The number of nitrogens with zero attached hydrogens (tertiary/aromatic N) is 1. The third kappa shape index (κ3) is 3.33. The van der Waals surface area contributed by atoms with Crippen LogP contribution in [0.25, 0.3) is 0 Å². The van der Waals surface area contributed by atoms with Crippen LogP contribution in [0.15, 0.2) is 0 Å². The molecule has 1 N–H and O–H groups in total. The van der Waals surface area contributed by atoms with Gasteiger partial charge in [-0.1, -0.05) is 13.8 Å². The average Bonchev–Trinajstić information content (AvgIpc) is 1.99. The molecule has 0 saturated carbocycles. The van der Waals surface area contributed by atoms with Crippen LogP contribution in [-0.4, -0.2) is 48.6 Å². The van der Waals surface area contributed by atoms with Crippen molar-refractivity contribution in [1.82, 2.24) is 10.2 Å². The van der Waals surface area contributed by atoms with Crippen molar-refractivity contribution in [3.05, 3.63) is 0 Å². The number of thioether (sulfide) groups is 1. The standard InChI is InChI=1S/C9H20N2S/c1-8-6-11(5-4-10-3)7-9(2)12-8/h8-10H,4-7H2,1-3H3. The van der Waals surface area contributed by atoms with E-state index in [9.17, 15) is 0 Å². The SMILES string of the molecule is CNCCN1CC(C)SC(C)C1.